The third-order valence-electron chi connectivity index (χ3n) is 6.35. The number of likely N-dealkylation sites (tertiary alicyclic amines) is 1. The highest BCUT2D eigenvalue weighted by Crippen LogP contribution is 2.45. The molecule has 1 saturated carbocycles. The lowest BCUT2D eigenvalue weighted by Crippen LogP contribution is -2.47. The van der Waals surface area contributed by atoms with Gasteiger partial charge in [0.15, 0.2) is 11.5 Å². The van der Waals surface area contributed by atoms with E-state index in [0.29, 0.717) is 35.3 Å². The Morgan fingerprint density at radius 1 is 0.935 bits per heavy atom. The van der Waals surface area contributed by atoms with Crippen LogP contribution in [0.5, 0.6) is 28.7 Å². The summed E-state index contributed by atoms with van der Waals surface area (Å²) in [6, 6.07) is 11.2. The van der Waals surface area contributed by atoms with Gasteiger partial charge in [0.1, 0.15) is 18.1 Å². The molecule has 1 aliphatic heterocycles. The van der Waals surface area contributed by atoms with Gasteiger partial charge < -0.3 is 28.6 Å². The zero-order chi connectivity index (χ0) is 22.0. The number of piperidine rings is 1. The van der Waals surface area contributed by atoms with E-state index in [1.54, 1.807) is 40.6 Å². The van der Waals surface area contributed by atoms with Crippen LogP contribution < -0.4 is 23.7 Å². The molecular weight excluding hydrogens is 398 g/mol. The normalized spacial score (nSPS) is 21.7. The summed E-state index contributed by atoms with van der Waals surface area (Å²) in [4.78, 5) is 15.6. The molecular formula is C24H29NO6. The van der Waals surface area contributed by atoms with E-state index in [9.17, 15) is 4.79 Å². The first kappa shape index (κ1) is 21.2. The van der Waals surface area contributed by atoms with Crippen LogP contribution in [0.3, 0.4) is 0 Å². The monoisotopic (exact) mass is 427 g/mol. The SMILES string of the molecule is COc1cccc(OC[C@@H]2C3CCC(C3)N2C(=O)c2cc(OC)c(OC)c(OC)c2)c1. The topological polar surface area (TPSA) is 66.5 Å². The molecule has 7 nitrogen and oxygen atoms in total. The number of amides is 1. The number of hydrogen-bond donors (Lipinski definition) is 0. The predicted octanol–water partition coefficient (Wildman–Crippen LogP) is 3.79. The Labute approximate surface area is 182 Å². The molecule has 1 aliphatic carbocycles. The van der Waals surface area contributed by atoms with E-state index in [0.717, 1.165) is 30.8 Å². The molecule has 0 N–H and O–H groups in total. The first-order chi connectivity index (χ1) is 15.1. The van der Waals surface area contributed by atoms with E-state index >= 15 is 0 Å². The summed E-state index contributed by atoms with van der Waals surface area (Å²) in [7, 11) is 6.28. The third kappa shape index (κ3) is 3.96. The summed E-state index contributed by atoms with van der Waals surface area (Å²) in [5.74, 6) is 3.31. The van der Waals surface area contributed by atoms with Gasteiger partial charge in [-0.25, -0.2) is 0 Å². The van der Waals surface area contributed by atoms with Crippen LogP contribution in [0.25, 0.3) is 0 Å². The van der Waals surface area contributed by atoms with Crippen molar-refractivity contribution in [3.05, 3.63) is 42.0 Å². The highest BCUT2D eigenvalue weighted by molar-refractivity contribution is 5.96. The Kier molecular flexibility index (Phi) is 6.11. The van der Waals surface area contributed by atoms with Gasteiger partial charge in [0.25, 0.3) is 5.91 Å². The zero-order valence-electron chi connectivity index (χ0n) is 18.4. The average Bonchev–Trinajstić information content (AvgIpc) is 3.43. The van der Waals surface area contributed by atoms with Crippen molar-refractivity contribution >= 4 is 5.91 Å². The molecule has 2 aromatic carbocycles. The summed E-state index contributed by atoms with van der Waals surface area (Å²) in [6.07, 6.45) is 3.16. The van der Waals surface area contributed by atoms with E-state index in [2.05, 4.69) is 0 Å². The van der Waals surface area contributed by atoms with Gasteiger partial charge in [-0.05, 0) is 49.4 Å². The number of carbonyl (C=O) groups excluding carboxylic acids is 1. The van der Waals surface area contributed by atoms with Gasteiger partial charge in [0, 0.05) is 17.7 Å². The van der Waals surface area contributed by atoms with Crippen LogP contribution >= 0.6 is 0 Å². The summed E-state index contributed by atoms with van der Waals surface area (Å²) < 4.78 is 27.6. The molecule has 2 unspecified atom stereocenters. The summed E-state index contributed by atoms with van der Waals surface area (Å²) >= 11 is 0. The second kappa shape index (κ2) is 8.96. The van der Waals surface area contributed by atoms with E-state index in [-0.39, 0.29) is 18.0 Å². The Morgan fingerprint density at radius 2 is 1.65 bits per heavy atom. The molecule has 0 aromatic heterocycles. The van der Waals surface area contributed by atoms with Crippen molar-refractivity contribution in [1.82, 2.24) is 4.90 Å². The minimum absolute atomic E-state index is 0.0246. The molecule has 4 rings (SSSR count). The third-order valence-corrected chi connectivity index (χ3v) is 6.35. The number of nitrogens with zero attached hydrogens (tertiary/aromatic N) is 1. The molecule has 2 bridgehead atoms. The molecule has 0 radical (unpaired) electrons. The average molecular weight is 427 g/mol. The van der Waals surface area contributed by atoms with Crippen molar-refractivity contribution < 1.29 is 28.5 Å². The Balaban J connectivity index is 1.57. The van der Waals surface area contributed by atoms with Crippen LogP contribution in [-0.2, 0) is 0 Å². The lowest BCUT2D eigenvalue weighted by Gasteiger charge is -2.35. The molecule has 0 spiro atoms. The fraction of sp³-hybridized carbons (Fsp3) is 0.458. The maximum Gasteiger partial charge on any atom is 0.254 e. The fourth-order valence-corrected chi connectivity index (χ4v) is 4.85. The van der Waals surface area contributed by atoms with E-state index in [1.165, 1.54) is 0 Å². The summed E-state index contributed by atoms with van der Waals surface area (Å²) in [5, 5.41) is 0. The number of methoxy groups -OCH3 is 4. The Bertz CT molecular complexity index is 920. The maximum absolute atomic E-state index is 13.6. The van der Waals surface area contributed by atoms with Crippen molar-refractivity contribution in [3.8, 4) is 28.7 Å². The minimum atomic E-state index is -0.0364. The molecule has 2 aliphatic rings. The van der Waals surface area contributed by atoms with Gasteiger partial charge in [-0.15, -0.1) is 0 Å². The number of fused-ring (bicyclic) bond motifs is 2. The van der Waals surface area contributed by atoms with Gasteiger partial charge in [0.05, 0.1) is 34.5 Å². The van der Waals surface area contributed by atoms with Crippen LogP contribution in [0.1, 0.15) is 29.6 Å². The predicted molar refractivity (Wildman–Crippen MR) is 116 cm³/mol. The first-order valence-corrected chi connectivity index (χ1v) is 10.5. The first-order valence-electron chi connectivity index (χ1n) is 10.5. The molecule has 166 valence electrons. The minimum Gasteiger partial charge on any atom is -0.497 e. The molecule has 2 fully saturated rings. The Morgan fingerprint density at radius 3 is 2.29 bits per heavy atom. The Hall–Kier alpha value is -3.09. The number of ether oxygens (including phenoxy) is 5. The standard InChI is InChI=1S/C24H29NO6/c1-27-18-6-5-7-19(13-18)31-14-20-15-8-9-17(10-15)25(20)24(26)16-11-21(28-2)23(30-4)22(12-16)29-3/h5-7,11-13,15,17,20H,8-10,14H2,1-4H3/t15?,17?,20-/m1/s1. The van der Waals surface area contributed by atoms with Crippen molar-refractivity contribution in [1.29, 1.82) is 0 Å². The number of benzene rings is 2. The lowest BCUT2D eigenvalue weighted by atomic mass is 9.98. The van der Waals surface area contributed by atoms with E-state index in [1.807, 2.05) is 29.2 Å². The van der Waals surface area contributed by atoms with Crippen LogP contribution in [0.15, 0.2) is 36.4 Å². The summed E-state index contributed by atoms with van der Waals surface area (Å²) in [6.45, 7) is 0.449. The van der Waals surface area contributed by atoms with Crippen molar-refractivity contribution in [2.45, 2.75) is 31.3 Å². The van der Waals surface area contributed by atoms with Gasteiger partial charge in [-0.2, -0.15) is 0 Å². The molecule has 1 saturated heterocycles. The largest absolute Gasteiger partial charge is 0.497 e. The van der Waals surface area contributed by atoms with Crippen LogP contribution in [0, 0.1) is 5.92 Å². The van der Waals surface area contributed by atoms with Crippen LogP contribution in [0.4, 0.5) is 0 Å². The molecule has 31 heavy (non-hydrogen) atoms. The highest BCUT2D eigenvalue weighted by atomic mass is 16.5. The molecule has 3 atom stereocenters. The number of hydrogen-bond acceptors (Lipinski definition) is 6. The number of carbonyl (C=O) groups is 1. The van der Waals surface area contributed by atoms with E-state index in [4.69, 9.17) is 23.7 Å². The van der Waals surface area contributed by atoms with E-state index < -0.39 is 0 Å². The maximum atomic E-state index is 13.6. The molecule has 7 heteroatoms. The highest BCUT2D eigenvalue weighted by Gasteiger charge is 2.48. The molecule has 1 amide bonds. The second-order valence-electron chi connectivity index (χ2n) is 7.91. The van der Waals surface area contributed by atoms with Gasteiger partial charge in [-0.3, -0.25) is 4.79 Å². The van der Waals surface area contributed by atoms with Crippen LogP contribution in [0.2, 0.25) is 0 Å². The van der Waals surface area contributed by atoms with Gasteiger partial charge in [0.2, 0.25) is 5.75 Å². The fourth-order valence-electron chi connectivity index (χ4n) is 4.85. The molecule has 1 heterocycles. The quantitative estimate of drug-likeness (QED) is 0.639. The molecule has 2 aromatic rings. The second-order valence-corrected chi connectivity index (χ2v) is 7.91. The van der Waals surface area contributed by atoms with Gasteiger partial charge in [-0.1, -0.05) is 6.07 Å². The zero-order valence-corrected chi connectivity index (χ0v) is 18.4. The van der Waals surface area contributed by atoms with Crippen LogP contribution in [-0.4, -0.2) is 57.9 Å². The van der Waals surface area contributed by atoms with Gasteiger partial charge >= 0.3 is 0 Å². The van der Waals surface area contributed by atoms with Crippen molar-refractivity contribution in [2.24, 2.45) is 5.92 Å². The van der Waals surface area contributed by atoms with Crippen molar-refractivity contribution in [2.75, 3.05) is 35.0 Å². The summed E-state index contributed by atoms with van der Waals surface area (Å²) in [5.41, 5.74) is 0.522. The lowest BCUT2D eigenvalue weighted by molar-refractivity contribution is 0.0505. The smallest absolute Gasteiger partial charge is 0.254 e. The number of rotatable bonds is 8. The van der Waals surface area contributed by atoms with Crippen molar-refractivity contribution in [3.63, 3.8) is 0 Å².